The summed E-state index contributed by atoms with van der Waals surface area (Å²) < 4.78 is 7.02. The molecule has 21 heavy (non-hydrogen) atoms. The number of anilines is 1. The van der Waals surface area contributed by atoms with Crippen LogP contribution in [0.15, 0.2) is 17.6 Å². The Morgan fingerprint density at radius 2 is 2.05 bits per heavy atom. The highest BCUT2D eigenvalue weighted by atomic mass is 16.5. The number of rotatable bonds is 9. The third-order valence-corrected chi connectivity index (χ3v) is 3.93. The lowest BCUT2D eigenvalue weighted by molar-refractivity contribution is 0.223. The van der Waals surface area contributed by atoms with Gasteiger partial charge >= 0.3 is 0 Å². The molecule has 1 aliphatic rings. The van der Waals surface area contributed by atoms with Crippen LogP contribution < -0.4 is 11.1 Å². The van der Waals surface area contributed by atoms with Crippen LogP contribution in [0.5, 0.6) is 0 Å². The van der Waals surface area contributed by atoms with E-state index in [0.29, 0.717) is 12.6 Å². The zero-order valence-electron chi connectivity index (χ0n) is 13.1. The maximum absolute atomic E-state index is 6.33. The number of unbranched alkanes of at least 4 members (excludes halogenated alkanes) is 5. The van der Waals surface area contributed by atoms with Crippen LogP contribution >= 0.6 is 0 Å². The van der Waals surface area contributed by atoms with Gasteiger partial charge in [-0.2, -0.15) is 10.1 Å². The first kappa shape index (κ1) is 16.0. The van der Waals surface area contributed by atoms with Crippen molar-refractivity contribution in [3.63, 3.8) is 0 Å². The van der Waals surface area contributed by atoms with Gasteiger partial charge in [-0.25, -0.2) is 4.68 Å². The monoisotopic (exact) mass is 293 g/mol. The molecule has 0 spiro atoms. The van der Waals surface area contributed by atoms with E-state index in [2.05, 4.69) is 22.3 Å². The molecule has 0 aromatic carbocycles. The van der Waals surface area contributed by atoms with Gasteiger partial charge in [0.05, 0.1) is 6.61 Å². The van der Waals surface area contributed by atoms with Gasteiger partial charge in [0.2, 0.25) is 5.95 Å². The number of nitrogens with zero attached hydrogens (tertiary/aromatic N) is 3. The average Bonchev–Trinajstić information content (AvgIpc) is 2.94. The lowest BCUT2D eigenvalue weighted by Crippen LogP contribution is -2.31. The first-order chi connectivity index (χ1) is 10.3. The van der Waals surface area contributed by atoms with E-state index in [9.17, 15) is 0 Å². The molecule has 0 radical (unpaired) electrons. The fraction of sp³-hybridized carbons (Fsp3) is 0.733. The molecule has 1 aromatic heterocycles. The molecule has 1 aromatic rings. The molecule has 2 heterocycles. The predicted octanol–water partition coefficient (Wildman–Crippen LogP) is 2.81. The number of hydrogen-bond acceptors (Lipinski definition) is 5. The van der Waals surface area contributed by atoms with Gasteiger partial charge in [0, 0.05) is 12.8 Å². The fourth-order valence-electron chi connectivity index (χ4n) is 2.75. The highest BCUT2D eigenvalue weighted by Crippen LogP contribution is 2.29. The van der Waals surface area contributed by atoms with Crippen molar-refractivity contribution in [1.29, 1.82) is 0 Å². The van der Waals surface area contributed by atoms with Gasteiger partial charge in [0.25, 0.3) is 0 Å². The Bertz CT molecular complexity index is 468. The zero-order chi connectivity index (χ0) is 15.1. The maximum atomic E-state index is 6.33. The van der Waals surface area contributed by atoms with Crippen molar-refractivity contribution in [2.45, 2.75) is 58.0 Å². The smallest absolute Gasteiger partial charge is 0.227 e. The lowest BCUT2D eigenvalue weighted by Gasteiger charge is -2.27. The molecule has 0 aliphatic carbocycles. The van der Waals surface area contributed by atoms with Crippen molar-refractivity contribution in [2.24, 2.45) is 5.73 Å². The van der Waals surface area contributed by atoms with Crippen LogP contribution in [0, 0.1) is 0 Å². The van der Waals surface area contributed by atoms with Crippen molar-refractivity contribution >= 4 is 5.95 Å². The third-order valence-electron chi connectivity index (χ3n) is 3.93. The van der Waals surface area contributed by atoms with Gasteiger partial charge in [-0.1, -0.05) is 39.0 Å². The molecule has 2 rings (SSSR count). The van der Waals surface area contributed by atoms with Gasteiger partial charge < -0.3 is 15.8 Å². The van der Waals surface area contributed by atoms with E-state index in [1.54, 1.807) is 11.8 Å². The molecular formula is C15H27N5O. The number of fused-ring (bicyclic) bond motifs is 1. The van der Waals surface area contributed by atoms with E-state index >= 15 is 0 Å². The van der Waals surface area contributed by atoms with Crippen molar-refractivity contribution < 1.29 is 4.74 Å². The Balaban J connectivity index is 1.93. The van der Waals surface area contributed by atoms with Crippen molar-refractivity contribution in [3.8, 4) is 0 Å². The van der Waals surface area contributed by atoms with E-state index in [-0.39, 0.29) is 6.17 Å². The molecule has 0 fully saturated rings. The second-order valence-electron chi connectivity index (χ2n) is 5.55. The van der Waals surface area contributed by atoms with E-state index in [1.807, 2.05) is 0 Å². The third kappa shape index (κ3) is 4.04. The summed E-state index contributed by atoms with van der Waals surface area (Å²) in [5, 5.41) is 7.48. The minimum atomic E-state index is -0.232. The topological polar surface area (TPSA) is 78.0 Å². The number of aromatic nitrogens is 3. The highest BCUT2D eigenvalue weighted by molar-refractivity contribution is 5.43. The Morgan fingerprint density at radius 3 is 2.81 bits per heavy atom. The molecular weight excluding hydrogens is 266 g/mol. The molecule has 1 atom stereocenters. The molecule has 118 valence electrons. The van der Waals surface area contributed by atoms with E-state index in [0.717, 1.165) is 18.5 Å². The Morgan fingerprint density at radius 1 is 1.29 bits per heavy atom. The number of nitrogens with one attached hydrogen (secondary N) is 1. The Hall–Kier alpha value is -1.40. The van der Waals surface area contributed by atoms with Crippen LogP contribution in [0.25, 0.3) is 0 Å². The maximum Gasteiger partial charge on any atom is 0.227 e. The SMILES string of the molecule is CCCCCCCCC1=C(COC)Nc2ncnn2C1N. The van der Waals surface area contributed by atoms with Crippen LogP contribution in [0.4, 0.5) is 5.95 Å². The summed E-state index contributed by atoms with van der Waals surface area (Å²) in [5.74, 6) is 0.696. The van der Waals surface area contributed by atoms with Crippen molar-refractivity contribution in [2.75, 3.05) is 19.0 Å². The standard InChI is InChI=1S/C15H27N5O/c1-3-4-5-6-7-8-9-12-13(10-21-2)19-15-17-11-18-20(15)14(12)16/h11,14H,3-10,16H2,1-2H3,(H,17,18,19). The summed E-state index contributed by atoms with van der Waals surface area (Å²) in [4.78, 5) is 4.18. The van der Waals surface area contributed by atoms with E-state index in [1.165, 1.54) is 44.0 Å². The van der Waals surface area contributed by atoms with Crippen LogP contribution in [0.2, 0.25) is 0 Å². The second kappa shape index (κ2) is 8.14. The summed E-state index contributed by atoms with van der Waals surface area (Å²) in [7, 11) is 1.70. The first-order valence-electron chi connectivity index (χ1n) is 7.90. The molecule has 3 N–H and O–H groups in total. The molecule has 0 amide bonds. The Labute approximate surface area is 126 Å². The molecule has 1 unspecified atom stereocenters. The summed E-state index contributed by atoms with van der Waals surface area (Å²) in [6.45, 7) is 2.77. The van der Waals surface area contributed by atoms with E-state index in [4.69, 9.17) is 10.5 Å². The molecule has 0 saturated carbocycles. The van der Waals surface area contributed by atoms with Crippen molar-refractivity contribution in [3.05, 3.63) is 17.6 Å². The number of hydrogen-bond donors (Lipinski definition) is 2. The second-order valence-corrected chi connectivity index (χ2v) is 5.55. The number of methoxy groups -OCH3 is 1. The van der Waals surface area contributed by atoms with Gasteiger partial charge in [-0.15, -0.1) is 0 Å². The van der Waals surface area contributed by atoms with Crippen molar-refractivity contribution in [1.82, 2.24) is 14.8 Å². The van der Waals surface area contributed by atoms with Crippen LogP contribution in [0.1, 0.15) is 58.0 Å². The summed E-state index contributed by atoms with van der Waals surface area (Å²) >= 11 is 0. The number of nitrogens with two attached hydrogens (primary N) is 1. The van der Waals surface area contributed by atoms with Crippen LogP contribution in [-0.2, 0) is 4.74 Å². The minimum Gasteiger partial charge on any atom is -0.378 e. The quantitative estimate of drug-likeness (QED) is 0.685. The normalized spacial score (nSPS) is 17.8. The fourth-order valence-corrected chi connectivity index (χ4v) is 2.75. The summed E-state index contributed by atoms with van der Waals surface area (Å²) in [6, 6.07) is 0. The highest BCUT2D eigenvalue weighted by Gasteiger charge is 2.25. The van der Waals surface area contributed by atoms with E-state index < -0.39 is 0 Å². The van der Waals surface area contributed by atoms with Gasteiger partial charge in [-0.3, -0.25) is 0 Å². The molecule has 0 saturated heterocycles. The number of ether oxygens (including phenoxy) is 1. The zero-order valence-corrected chi connectivity index (χ0v) is 13.1. The Kier molecular flexibility index (Phi) is 6.20. The molecule has 0 bridgehead atoms. The van der Waals surface area contributed by atoms with Crippen LogP contribution in [-0.4, -0.2) is 28.5 Å². The molecule has 1 aliphatic heterocycles. The molecule has 6 heteroatoms. The summed E-state index contributed by atoms with van der Waals surface area (Å²) in [6.07, 6.45) is 9.94. The molecule has 6 nitrogen and oxygen atoms in total. The largest absolute Gasteiger partial charge is 0.378 e. The van der Waals surface area contributed by atoms with Gasteiger partial charge in [0.1, 0.15) is 12.5 Å². The van der Waals surface area contributed by atoms with Gasteiger partial charge in [-0.05, 0) is 18.4 Å². The predicted molar refractivity (Wildman–Crippen MR) is 83.8 cm³/mol. The minimum absolute atomic E-state index is 0.232. The average molecular weight is 293 g/mol. The lowest BCUT2D eigenvalue weighted by atomic mass is 10.0. The van der Waals surface area contributed by atoms with Gasteiger partial charge in [0.15, 0.2) is 0 Å². The van der Waals surface area contributed by atoms with Crippen LogP contribution in [0.3, 0.4) is 0 Å². The summed E-state index contributed by atoms with van der Waals surface area (Å²) in [5.41, 5.74) is 8.55. The first-order valence-corrected chi connectivity index (χ1v) is 7.90.